The summed E-state index contributed by atoms with van der Waals surface area (Å²) in [5, 5.41) is 14.1. The molecule has 11 heavy (non-hydrogen) atoms. The van der Waals surface area contributed by atoms with Crippen LogP contribution in [0.1, 0.15) is 19.8 Å². The van der Waals surface area contributed by atoms with E-state index in [1.807, 2.05) is 6.92 Å². The Morgan fingerprint density at radius 2 is 2.45 bits per heavy atom. The lowest BCUT2D eigenvalue weighted by molar-refractivity contribution is 0.182. The molecule has 0 aromatic rings. The van der Waals surface area contributed by atoms with E-state index in [1.54, 1.807) is 0 Å². The van der Waals surface area contributed by atoms with Gasteiger partial charge in [-0.1, -0.05) is 0 Å². The summed E-state index contributed by atoms with van der Waals surface area (Å²) in [6.45, 7) is 3.00. The van der Waals surface area contributed by atoms with Crippen molar-refractivity contribution in [1.82, 2.24) is 10.6 Å². The van der Waals surface area contributed by atoms with Gasteiger partial charge < -0.3 is 15.7 Å². The highest BCUT2D eigenvalue weighted by Gasteiger charge is 2.21. The molecule has 0 radical (unpaired) electrons. The molecule has 1 heterocycles. The lowest BCUT2D eigenvalue weighted by Crippen LogP contribution is -2.51. The zero-order valence-electron chi connectivity index (χ0n) is 6.63. The predicted molar refractivity (Wildman–Crippen MR) is 41.6 cm³/mol. The minimum Gasteiger partial charge on any atom is -0.465 e. The van der Waals surface area contributed by atoms with Crippen molar-refractivity contribution < 1.29 is 9.90 Å². The van der Waals surface area contributed by atoms with Crippen molar-refractivity contribution in [2.45, 2.75) is 31.8 Å². The zero-order chi connectivity index (χ0) is 8.27. The molecule has 4 heteroatoms. The molecule has 1 aliphatic rings. The van der Waals surface area contributed by atoms with E-state index in [9.17, 15) is 4.79 Å². The van der Waals surface area contributed by atoms with Gasteiger partial charge in [-0.25, -0.2) is 4.79 Å². The van der Waals surface area contributed by atoms with Crippen molar-refractivity contribution in [1.29, 1.82) is 0 Å². The maximum Gasteiger partial charge on any atom is 0.404 e. The second-order valence-electron chi connectivity index (χ2n) is 2.94. The van der Waals surface area contributed by atoms with Gasteiger partial charge in [-0.15, -0.1) is 0 Å². The first-order chi connectivity index (χ1) is 5.20. The van der Waals surface area contributed by atoms with E-state index >= 15 is 0 Å². The van der Waals surface area contributed by atoms with E-state index in [0.717, 1.165) is 19.4 Å². The first-order valence-corrected chi connectivity index (χ1v) is 3.93. The summed E-state index contributed by atoms with van der Waals surface area (Å²) in [6, 6.07) is 0.348. The van der Waals surface area contributed by atoms with Gasteiger partial charge in [0.2, 0.25) is 0 Å². The second kappa shape index (κ2) is 3.57. The van der Waals surface area contributed by atoms with Gasteiger partial charge in [0.05, 0.1) is 0 Å². The van der Waals surface area contributed by atoms with Gasteiger partial charge in [-0.2, -0.15) is 0 Å². The molecule has 0 unspecified atom stereocenters. The summed E-state index contributed by atoms with van der Waals surface area (Å²) in [6.07, 6.45) is 1.07. The van der Waals surface area contributed by atoms with Crippen LogP contribution in [0.15, 0.2) is 0 Å². The molecule has 1 amide bonds. The topological polar surface area (TPSA) is 61.4 Å². The molecule has 64 valence electrons. The van der Waals surface area contributed by atoms with E-state index in [2.05, 4.69) is 10.6 Å². The van der Waals surface area contributed by atoms with Crippen molar-refractivity contribution in [3.63, 3.8) is 0 Å². The molecule has 0 spiro atoms. The summed E-state index contributed by atoms with van der Waals surface area (Å²) in [5.41, 5.74) is 0. The number of carboxylic acid groups (broad SMARTS) is 1. The van der Waals surface area contributed by atoms with Crippen molar-refractivity contribution in [3.05, 3.63) is 0 Å². The fourth-order valence-electron chi connectivity index (χ4n) is 1.40. The molecule has 2 atom stereocenters. The zero-order valence-corrected chi connectivity index (χ0v) is 6.63. The van der Waals surface area contributed by atoms with Crippen LogP contribution in [0.4, 0.5) is 4.79 Å². The monoisotopic (exact) mass is 158 g/mol. The van der Waals surface area contributed by atoms with Crippen LogP contribution in [0, 0.1) is 0 Å². The van der Waals surface area contributed by atoms with Crippen LogP contribution >= 0.6 is 0 Å². The highest BCUT2D eigenvalue weighted by atomic mass is 16.4. The average molecular weight is 158 g/mol. The second-order valence-corrected chi connectivity index (χ2v) is 2.94. The van der Waals surface area contributed by atoms with E-state index < -0.39 is 6.09 Å². The number of amides is 1. The fourth-order valence-corrected chi connectivity index (χ4v) is 1.40. The maximum atomic E-state index is 10.3. The highest BCUT2D eigenvalue weighted by Crippen LogP contribution is 2.07. The number of carbonyl (C=O) groups is 1. The molecule has 0 aromatic heterocycles. The molecule has 1 fully saturated rings. The number of piperidine rings is 1. The van der Waals surface area contributed by atoms with E-state index in [1.165, 1.54) is 0 Å². The predicted octanol–water partition coefficient (Wildman–Crippen LogP) is 0.395. The Morgan fingerprint density at radius 1 is 1.73 bits per heavy atom. The molecule has 1 rings (SSSR count). The van der Waals surface area contributed by atoms with Crippen LogP contribution in [0.2, 0.25) is 0 Å². The van der Waals surface area contributed by atoms with Gasteiger partial charge in [0.25, 0.3) is 0 Å². The lowest BCUT2D eigenvalue weighted by Gasteiger charge is -2.29. The fraction of sp³-hybridized carbons (Fsp3) is 0.857. The lowest BCUT2D eigenvalue weighted by atomic mass is 10.0. The Balaban J connectivity index is 2.35. The van der Waals surface area contributed by atoms with Gasteiger partial charge in [0.15, 0.2) is 0 Å². The van der Waals surface area contributed by atoms with Crippen LogP contribution in [-0.2, 0) is 0 Å². The Bertz CT molecular complexity index is 149. The van der Waals surface area contributed by atoms with E-state index in [-0.39, 0.29) is 12.1 Å². The van der Waals surface area contributed by atoms with Crippen LogP contribution in [0.5, 0.6) is 0 Å². The standard InChI is InChI=1S/C7H14N2O2/c1-5-6(9-7(10)11)3-2-4-8-5/h5-6,8-9H,2-4H2,1H3,(H,10,11)/t5-,6+/m1/s1. The van der Waals surface area contributed by atoms with E-state index in [0.29, 0.717) is 0 Å². The van der Waals surface area contributed by atoms with Crippen molar-refractivity contribution in [3.8, 4) is 0 Å². The first-order valence-electron chi connectivity index (χ1n) is 3.93. The molecular formula is C7H14N2O2. The summed E-state index contributed by atoms with van der Waals surface area (Å²) in [5.74, 6) is 0. The van der Waals surface area contributed by atoms with Gasteiger partial charge in [-0.3, -0.25) is 0 Å². The third kappa shape index (κ3) is 2.38. The molecular weight excluding hydrogens is 144 g/mol. The Labute approximate surface area is 66.0 Å². The van der Waals surface area contributed by atoms with Crippen LogP contribution < -0.4 is 10.6 Å². The van der Waals surface area contributed by atoms with Crippen LogP contribution in [0.25, 0.3) is 0 Å². The Kier molecular flexibility index (Phi) is 2.70. The molecule has 3 N–H and O–H groups in total. The number of rotatable bonds is 1. The number of hydrogen-bond acceptors (Lipinski definition) is 2. The third-order valence-electron chi connectivity index (χ3n) is 2.07. The number of hydrogen-bond donors (Lipinski definition) is 3. The normalized spacial score (nSPS) is 31.4. The van der Waals surface area contributed by atoms with Crippen molar-refractivity contribution in [2.75, 3.05) is 6.54 Å². The van der Waals surface area contributed by atoms with Gasteiger partial charge in [-0.05, 0) is 26.3 Å². The summed E-state index contributed by atoms with van der Waals surface area (Å²) >= 11 is 0. The molecule has 0 saturated carbocycles. The van der Waals surface area contributed by atoms with Crippen molar-refractivity contribution >= 4 is 6.09 Å². The first kappa shape index (κ1) is 8.33. The smallest absolute Gasteiger partial charge is 0.404 e. The summed E-state index contributed by atoms with van der Waals surface area (Å²) < 4.78 is 0. The maximum absolute atomic E-state index is 10.3. The molecule has 1 aliphatic heterocycles. The van der Waals surface area contributed by atoms with Gasteiger partial charge in [0.1, 0.15) is 0 Å². The van der Waals surface area contributed by atoms with E-state index in [4.69, 9.17) is 5.11 Å². The minimum absolute atomic E-state index is 0.0845. The summed E-state index contributed by atoms with van der Waals surface area (Å²) in [7, 11) is 0. The average Bonchev–Trinajstić information content (AvgIpc) is 1.93. The molecule has 0 bridgehead atoms. The Hall–Kier alpha value is -0.770. The van der Waals surface area contributed by atoms with Crippen molar-refractivity contribution in [2.24, 2.45) is 0 Å². The largest absolute Gasteiger partial charge is 0.465 e. The molecule has 1 saturated heterocycles. The molecule has 0 aliphatic carbocycles. The molecule has 4 nitrogen and oxygen atoms in total. The molecule has 0 aromatic carbocycles. The SMILES string of the molecule is C[C@H]1NCCC[C@@H]1NC(=O)O. The van der Waals surface area contributed by atoms with Crippen LogP contribution in [0.3, 0.4) is 0 Å². The van der Waals surface area contributed by atoms with Gasteiger partial charge in [0, 0.05) is 12.1 Å². The quantitative estimate of drug-likeness (QED) is 0.517. The minimum atomic E-state index is -0.925. The van der Waals surface area contributed by atoms with Crippen LogP contribution in [-0.4, -0.2) is 29.8 Å². The Morgan fingerprint density at radius 3 is 3.00 bits per heavy atom. The summed E-state index contributed by atoms with van der Waals surface area (Å²) in [4.78, 5) is 10.3. The third-order valence-corrected chi connectivity index (χ3v) is 2.07. The number of nitrogens with one attached hydrogen (secondary N) is 2. The highest BCUT2D eigenvalue weighted by molar-refractivity contribution is 5.64. The van der Waals surface area contributed by atoms with Gasteiger partial charge >= 0.3 is 6.09 Å².